The second-order valence-electron chi connectivity index (χ2n) is 5.93. The number of hydrogen-bond acceptors (Lipinski definition) is 2. The van der Waals surface area contributed by atoms with Crippen LogP contribution in [0.25, 0.3) is 0 Å². The van der Waals surface area contributed by atoms with Crippen molar-refractivity contribution in [1.29, 1.82) is 0 Å². The Morgan fingerprint density at radius 3 is 2.58 bits per heavy atom. The fourth-order valence-corrected chi connectivity index (χ4v) is 2.89. The van der Waals surface area contributed by atoms with Crippen molar-refractivity contribution in [2.45, 2.75) is 19.8 Å². The smallest absolute Gasteiger partial charge is 0.251 e. The number of halogens is 2. The second-order valence-corrected chi connectivity index (χ2v) is 6.37. The molecule has 1 saturated heterocycles. The third-order valence-electron chi connectivity index (χ3n) is 3.97. The van der Waals surface area contributed by atoms with Crippen LogP contribution in [0.5, 0.6) is 0 Å². The first-order valence-electron chi connectivity index (χ1n) is 8.09. The van der Waals surface area contributed by atoms with Gasteiger partial charge in [-0.05, 0) is 43.0 Å². The van der Waals surface area contributed by atoms with Crippen LogP contribution in [-0.4, -0.2) is 50.0 Å². The Labute approximate surface area is 166 Å². The maximum absolute atomic E-state index is 12.0. The number of guanidine groups is 1. The Morgan fingerprint density at radius 2 is 1.96 bits per heavy atom. The van der Waals surface area contributed by atoms with E-state index in [1.807, 2.05) is 0 Å². The molecule has 0 bridgehead atoms. The highest BCUT2D eigenvalue weighted by atomic mass is 127. The van der Waals surface area contributed by atoms with Crippen molar-refractivity contribution < 1.29 is 4.79 Å². The second kappa shape index (κ2) is 10.8. The van der Waals surface area contributed by atoms with Crippen LogP contribution < -0.4 is 10.6 Å². The third kappa shape index (κ3) is 6.47. The van der Waals surface area contributed by atoms with Crippen LogP contribution >= 0.6 is 35.6 Å². The summed E-state index contributed by atoms with van der Waals surface area (Å²) >= 11 is 5.82. The fourth-order valence-electron chi connectivity index (χ4n) is 2.77. The van der Waals surface area contributed by atoms with Gasteiger partial charge in [0.1, 0.15) is 0 Å². The zero-order chi connectivity index (χ0) is 16.7. The number of piperidine rings is 1. The molecule has 1 aromatic rings. The Hall–Kier alpha value is -1.02. The molecule has 1 unspecified atom stereocenters. The zero-order valence-electron chi connectivity index (χ0n) is 14.2. The van der Waals surface area contributed by atoms with E-state index < -0.39 is 0 Å². The van der Waals surface area contributed by atoms with Crippen molar-refractivity contribution in [3.8, 4) is 0 Å². The molecule has 7 heteroatoms. The van der Waals surface area contributed by atoms with Gasteiger partial charge in [0.05, 0.1) is 0 Å². The van der Waals surface area contributed by atoms with Gasteiger partial charge in [0.25, 0.3) is 5.91 Å². The topological polar surface area (TPSA) is 56.7 Å². The van der Waals surface area contributed by atoms with Crippen LogP contribution in [0.3, 0.4) is 0 Å². The van der Waals surface area contributed by atoms with E-state index in [0.29, 0.717) is 29.6 Å². The minimum Gasteiger partial charge on any atom is -0.354 e. The molecular formula is C17H26ClIN4O. The monoisotopic (exact) mass is 464 g/mol. The quantitative estimate of drug-likeness (QED) is 0.312. The van der Waals surface area contributed by atoms with Crippen molar-refractivity contribution in [1.82, 2.24) is 15.5 Å². The number of aliphatic imine (C=N–C) groups is 1. The molecule has 1 aliphatic rings. The van der Waals surface area contributed by atoms with E-state index in [-0.39, 0.29) is 29.9 Å². The normalized spacial score (nSPS) is 17.9. The molecule has 134 valence electrons. The summed E-state index contributed by atoms with van der Waals surface area (Å²) in [7, 11) is 1.80. The molecule has 1 atom stereocenters. The fraction of sp³-hybridized carbons (Fsp3) is 0.529. The van der Waals surface area contributed by atoms with Gasteiger partial charge in [-0.1, -0.05) is 18.5 Å². The summed E-state index contributed by atoms with van der Waals surface area (Å²) in [6.07, 6.45) is 2.49. The standard InChI is InChI=1S/C17H25ClN4O.HI/c1-13-4-3-11-22(12-13)17(19-2)21-10-9-20-16(23)14-5-7-15(18)8-6-14;/h5-8,13H,3-4,9-12H2,1-2H3,(H,19,21)(H,20,23);1H. The van der Waals surface area contributed by atoms with E-state index in [0.717, 1.165) is 19.0 Å². The van der Waals surface area contributed by atoms with Crippen molar-refractivity contribution in [2.75, 3.05) is 33.2 Å². The molecule has 0 spiro atoms. The van der Waals surface area contributed by atoms with E-state index in [1.165, 1.54) is 12.8 Å². The summed E-state index contributed by atoms with van der Waals surface area (Å²) < 4.78 is 0. The lowest BCUT2D eigenvalue weighted by molar-refractivity contribution is 0.0954. The molecule has 0 aliphatic carbocycles. The average Bonchev–Trinajstić information content (AvgIpc) is 2.55. The van der Waals surface area contributed by atoms with Crippen LogP contribution in [0.2, 0.25) is 5.02 Å². The molecule has 0 radical (unpaired) electrons. The van der Waals surface area contributed by atoms with E-state index in [2.05, 4.69) is 27.4 Å². The first-order chi connectivity index (χ1) is 11.1. The Kier molecular flexibility index (Phi) is 9.43. The average molecular weight is 465 g/mol. The molecule has 0 aromatic heterocycles. The van der Waals surface area contributed by atoms with E-state index in [1.54, 1.807) is 31.3 Å². The van der Waals surface area contributed by atoms with Gasteiger partial charge in [-0.25, -0.2) is 0 Å². The van der Waals surface area contributed by atoms with Gasteiger partial charge in [0.15, 0.2) is 5.96 Å². The number of rotatable bonds is 4. The van der Waals surface area contributed by atoms with Crippen molar-refractivity contribution >= 4 is 47.4 Å². The molecule has 0 saturated carbocycles. The lowest BCUT2D eigenvalue weighted by Gasteiger charge is -2.33. The molecule has 24 heavy (non-hydrogen) atoms. The van der Waals surface area contributed by atoms with Gasteiger partial charge in [0, 0.05) is 43.8 Å². The first kappa shape index (κ1) is 21.0. The number of nitrogens with one attached hydrogen (secondary N) is 2. The Balaban J connectivity index is 0.00000288. The molecule has 1 amide bonds. The minimum absolute atomic E-state index is 0. The highest BCUT2D eigenvalue weighted by molar-refractivity contribution is 14.0. The molecule has 1 aromatic carbocycles. The van der Waals surface area contributed by atoms with E-state index in [4.69, 9.17) is 11.6 Å². The summed E-state index contributed by atoms with van der Waals surface area (Å²) in [6.45, 7) is 5.55. The van der Waals surface area contributed by atoms with E-state index in [9.17, 15) is 4.79 Å². The third-order valence-corrected chi connectivity index (χ3v) is 4.22. The maximum Gasteiger partial charge on any atom is 0.251 e. The number of benzene rings is 1. The molecular weight excluding hydrogens is 439 g/mol. The van der Waals surface area contributed by atoms with Gasteiger partial charge in [-0.2, -0.15) is 0 Å². The highest BCUT2D eigenvalue weighted by Gasteiger charge is 2.18. The highest BCUT2D eigenvalue weighted by Crippen LogP contribution is 2.15. The van der Waals surface area contributed by atoms with Crippen LogP contribution in [-0.2, 0) is 0 Å². The van der Waals surface area contributed by atoms with Gasteiger partial charge in [-0.3, -0.25) is 9.79 Å². The van der Waals surface area contributed by atoms with Crippen LogP contribution in [0.1, 0.15) is 30.1 Å². The number of likely N-dealkylation sites (tertiary alicyclic amines) is 1. The minimum atomic E-state index is -0.0925. The maximum atomic E-state index is 12.0. The zero-order valence-corrected chi connectivity index (χ0v) is 17.3. The number of nitrogens with zero attached hydrogens (tertiary/aromatic N) is 2. The van der Waals surface area contributed by atoms with Crippen molar-refractivity contribution in [2.24, 2.45) is 10.9 Å². The predicted octanol–water partition coefficient (Wildman–Crippen LogP) is 3.00. The van der Waals surface area contributed by atoms with Crippen molar-refractivity contribution in [3.63, 3.8) is 0 Å². The van der Waals surface area contributed by atoms with Gasteiger partial charge >= 0.3 is 0 Å². The number of carbonyl (C=O) groups is 1. The van der Waals surface area contributed by atoms with Crippen LogP contribution in [0.15, 0.2) is 29.3 Å². The molecule has 1 heterocycles. The largest absolute Gasteiger partial charge is 0.354 e. The lowest BCUT2D eigenvalue weighted by Crippen LogP contribution is -2.47. The van der Waals surface area contributed by atoms with Gasteiger partial charge in [0.2, 0.25) is 0 Å². The number of amides is 1. The van der Waals surface area contributed by atoms with Crippen molar-refractivity contribution in [3.05, 3.63) is 34.9 Å². The summed E-state index contributed by atoms with van der Waals surface area (Å²) in [5, 5.41) is 6.83. The summed E-state index contributed by atoms with van der Waals surface area (Å²) in [4.78, 5) is 18.6. The Bertz CT molecular complexity index is 550. The summed E-state index contributed by atoms with van der Waals surface area (Å²) in [6, 6.07) is 6.88. The molecule has 5 nitrogen and oxygen atoms in total. The molecule has 1 aliphatic heterocycles. The molecule has 1 fully saturated rings. The summed E-state index contributed by atoms with van der Waals surface area (Å²) in [5.41, 5.74) is 0.614. The van der Waals surface area contributed by atoms with E-state index >= 15 is 0 Å². The SMILES string of the molecule is CN=C(NCCNC(=O)c1ccc(Cl)cc1)N1CCCC(C)C1.I. The van der Waals surface area contributed by atoms with Gasteiger partial charge < -0.3 is 15.5 Å². The first-order valence-corrected chi connectivity index (χ1v) is 8.47. The molecule has 2 N–H and O–H groups in total. The predicted molar refractivity (Wildman–Crippen MR) is 111 cm³/mol. The number of hydrogen-bond donors (Lipinski definition) is 2. The molecule has 2 rings (SSSR count). The van der Waals surface area contributed by atoms with Gasteiger partial charge in [-0.15, -0.1) is 24.0 Å². The van der Waals surface area contributed by atoms with Crippen LogP contribution in [0, 0.1) is 5.92 Å². The number of carbonyl (C=O) groups excluding carboxylic acids is 1. The lowest BCUT2D eigenvalue weighted by atomic mass is 10.0. The summed E-state index contributed by atoms with van der Waals surface area (Å²) in [5.74, 6) is 1.52. The van der Waals surface area contributed by atoms with Crippen LogP contribution in [0.4, 0.5) is 0 Å². The Morgan fingerprint density at radius 1 is 1.29 bits per heavy atom.